The van der Waals surface area contributed by atoms with Crippen molar-refractivity contribution in [2.24, 2.45) is 0 Å². The Morgan fingerprint density at radius 3 is 2.28 bits per heavy atom. The van der Waals surface area contributed by atoms with Gasteiger partial charge in [0.1, 0.15) is 5.69 Å². The first-order valence-electron chi connectivity index (χ1n) is 7.34. The Morgan fingerprint density at radius 1 is 1.12 bits per heavy atom. The van der Waals surface area contributed by atoms with E-state index >= 15 is 0 Å². The summed E-state index contributed by atoms with van der Waals surface area (Å²) >= 11 is 0. The molecule has 25 heavy (non-hydrogen) atoms. The molecule has 130 valence electrons. The highest BCUT2D eigenvalue weighted by Crippen LogP contribution is 2.33. The van der Waals surface area contributed by atoms with Crippen molar-refractivity contribution in [1.82, 2.24) is 20.2 Å². The maximum Gasteiger partial charge on any atom is 0.433 e. The Kier molecular flexibility index (Phi) is 4.07. The Morgan fingerprint density at radius 2 is 1.80 bits per heavy atom. The van der Waals surface area contributed by atoms with Crippen LogP contribution in [0.3, 0.4) is 0 Å². The van der Waals surface area contributed by atoms with Gasteiger partial charge in [0.15, 0.2) is 0 Å². The fourth-order valence-corrected chi connectivity index (χ4v) is 2.66. The van der Waals surface area contributed by atoms with Crippen molar-refractivity contribution >= 4 is 17.6 Å². The van der Waals surface area contributed by atoms with Crippen molar-refractivity contribution in [2.45, 2.75) is 20.0 Å². The van der Waals surface area contributed by atoms with E-state index in [1.54, 1.807) is 0 Å². The molecule has 0 unspecified atom stereocenters. The molecule has 0 fully saturated rings. The fourth-order valence-electron chi connectivity index (χ4n) is 2.66. The SMILES string of the molecule is Cc1cc(Nc2n[nH]c(N)n2)cc(C)c1-c1ccc(C(F)(F)F)nc1. The molecule has 0 saturated carbocycles. The Balaban J connectivity index is 1.92. The zero-order valence-electron chi connectivity index (χ0n) is 13.4. The first kappa shape index (κ1) is 16.7. The molecule has 0 bridgehead atoms. The quantitative estimate of drug-likeness (QED) is 0.669. The molecule has 4 N–H and O–H groups in total. The first-order chi connectivity index (χ1) is 11.7. The highest BCUT2D eigenvalue weighted by atomic mass is 19.4. The number of aromatic nitrogens is 4. The van der Waals surface area contributed by atoms with E-state index in [-0.39, 0.29) is 5.95 Å². The summed E-state index contributed by atoms with van der Waals surface area (Å²) in [5.41, 5.74) is 8.54. The molecule has 0 aliphatic rings. The summed E-state index contributed by atoms with van der Waals surface area (Å²) in [6.07, 6.45) is -3.21. The van der Waals surface area contributed by atoms with Gasteiger partial charge in [0.05, 0.1) is 0 Å². The van der Waals surface area contributed by atoms with Crippen LogP contribution >= 0.6 is 0 Å². The molecule has 0 atom stereocenters. The number of aromatic amines is 1. The third kappa shape index (κ3) is 3.54. The van der Waals surface area contributed by atoms with Crippen LogP contribution in [0.4, 0.5) is 30.8 Å². The van der Waals surface area contributed by atoms with E-state index in [0.29, 0.717) is 11.5 Å². The summed E-state index contributed by atoms with van der Waals surface area (Å²) in [7, 11) is 0. The molecule has 0 aliphatic heterocycles. The summed E-state index contributed by atoms with van der Waals surface area (Å²) in [6.45, 7) is 3.75. The van der Waals surface area contributed by atoms with E-state index in [4.69, 9.17) is 5.73 Å². The minimum Gasteiger partial charge on any atom is -0.368 e. The summed E-state index contributed by atoms with van der Waals surface area (Å²) in [4.78, 5) is 7.48. The maximum absolute atomic E-state index is 12.6. The number of benzene rings is 1. The molecular weight excluding hydrogens is 333 g/mol. The number of hydrogen-bond donors (Lipinski definition) is 3. The Hall–Kier alpha value is -3.10. The predicted molar refractivity (Wildman–Crippen MR) is 88.2 cm³/mol. The monoisotopic (exact) mass is 348 g/mol. The van der Waals surface area contributed by atoms with E-state index in [2.05, 4.69) is 25.5 Å². The van der Waals surface area contributed by atoms with Crippen molar-refractivity contribution in [3.05, 3.63) is 47.3 Å². The topological polar surface area (TPSA) is 92.5 Å². The van der Waals surface area contributed by atoms with Gasteiger partial charge in [0, 0.05) is 17.4 Å². The van der Waals surface area contributed by atoms with Crippen LogP contribution in [0.25, 0.3) is 11.1 Å². The van der Waals surface area contributed by atoms with E-state index in [0.717, 1.165) is 28.4 Å². The van der Waals surface area contributed by atoms with Crippen LogP contribution in [0.5, 0.6) is 0 Å². The molecule has 3 aromatic rings. The number of aryl methyl sites for hydroxylation is 2. The number of nitrogen functional groups attached to an aromatic ring is 1. The van der Waals surface area contributed by atoms with Crippen LogP contribution in [0, 0.1) is 13.8 Å². The van der Waals surface area contributed by atoms with E-state index in [1.165, 1.54) is 12.3 Å². The van der Waals surface area contributed by atoms with Crippen LogP contribution in [0.15, 0.2) is 30.5 Å². The number of H-pyrrole nitrogens is 1. The highest BCUT2D eigenvalue weighted by Gasteiger charge is 2.32. The van der Waals surface area contributed by atoms with Gasteiger partial charge in [-0.25, -0.2) is 5.10 Å². The molecule has 0 radical (unpaired) electrons. The molecule has 2 aromatic heterocycles. The van der Waals surface area contributed by atoms with Crippen LogP contribution in [0.1, 0.15) is 16.8 Å². The number of nitrogens with two attached hydrogens (primary N) is 1. The lowest BCUT2D eigenvalue weighted by Gasteiger charge is -2.14. The van der Waals surface area contributed by atoms with E-state index in [1.807, 2.05) is 26.0 Å². The van der Waals surface area contributed by atoms with Gasteiger partial charge in [-0.1, -0.05) is 6.07 Å². The molecular formula is C16H15F3N6. The summed E-state index contributed by atoms with van der Waals surface area (Å²) in [5, 5.41) is 9.44. The number of hydrogen-bond acceptors (Lipinski definition) is 5. The number of halogens is 3. The maximum atomic E-state index is 12.6. The van der Waals surface area contributed by atoms with Gasteiger partial charge in [-0.15, -0.1) is 5.10 Å². The number of nitrogens with zero attached hydrogens (tertiary/aromatic N) is 3. The van der Waals surface area contributed by atoms with Gasteiger partial charge in [-0.3, -0.25) is 4.98 Å². The molecule has 9 heteroatoms. The number of alkyl halides is 3. The number of pyridine rings is 1. The summed E-state index contributed by atoms with van der Waals surface area (Å²) in [5.74, 6) is 0.531. The van der Waals surface area contributed by atoms with Gasteiger partial charge >= 0.3 is 6.18 Å². The van der Waals surface area contributed by atoms with Crippen molar-refractivity contribution in [3.8, 4) is 11.1 Å². The van der Waals surface area contributed by atoms with Crippen molar-refractivity contribution < 1.29 is 13.2 Å². The molecule has 3 rings (SSSR count). The molecule has 0 saturated heterocycles. The molecule has 0 spiro atoms. The fraction of sp³-hybridized carbons (Fsp3) is 0.188. The molecule has 0 amide bonds. The standard InChI is InChI=1S/C16H15F3N6/c1-8-5-11(22-15-23-14(20)24-25-15)6-9(2)13(8)10-3-4-12(21-7-10)16(17,18)19/h3-7H,1-2H3,(H4,20,22,23,24,25). The van der Waals surface area contributed by atoms with Crippen LogP contribution < -0.4 is 11.1 Å². The van der Waals surface area contributed by atoms with Crippen molar-refractivity contribution in [2.75, 3.05) is 11.1 Å². The van der Waals surface area contributed by atoms with Crippen molar-refractivity contribution in [3.63, 3.8) is 0 Å². The van der Waals surface area contributed by atoms with Crippen LogP contribution in [0.2, 0.25) is 0 Å². The third-order valence-electron chi connectivity index (χ3n) is 3.63. The minimum absolute atomic E-state index is 0.198. The van der Waals surface area contributed by atoms with E-state index < -0.39 is 11.9 Å². The van der Waals surface area contributed by atoms with Crippen molar-refractivity contribution in [1.29, 1.82) is 0 Å². The average molecular weight is 348 g/mol. The lowest BCUT2D eigenvalue weighted by Crippen LogP contribution is -2.07. The lowest BCUT2D eigenvalue weighted by molar-refractivity contribution is -0.141. The molecule has 1 aromatic carbocycles. The van der Waals surface area contributed by atoms with Crippen LogP contribution in [-0.2, 0) is 6.18 Å². The molecule has 0 aliphatic carbocycles. The van der Waals surface area contributed by atoms with Gasteiger partial charge in [-0.2, -0.15) is 18.2 Å². The average Bonchev–Trinajstić information content (AvgIpc) is 2.91. The lowest BCUT2D eigenvalue weighted by atomic mass is 9.96. The second kappa shape index (κ2) is 6.08. The Labute approximate surface area is 141 Å². The summed E-state index contributed by atoms with van der Waals surface area (Å²) < 4.78 is 37.9. The zero-order chi connectivity index (χ0) is 18.2. The minimum atomic E-state index is -4.45. The first-order valence-corrected chi connectivity index (χ1v) is 7.34. The van der Waals surface area contributed by atoms with E-state index in [9.17, 15) is 13.2 Å². The second-order valence-electron chi connectivity index (χ2n) is 5.58. The number of rotatable bonds is 3. The zero-order valence-corrected chi connectivity index (χ0v) is 13.4. The summed E-state index contributed by atoms with van der Waals surface area (Å²) in [6, 6.07) is 6.12. The molecule has 2 heterocycles. The molecule has 6 nitrogen and oxygen atoms in total. The largest absolute Gasteiger partial charge is 0.433 e. The highest BCUT2D eigenvalue weighted by molar-refractivity contribution is 5.74. The number of anilines is 3. The van der Waals surface area contributed by atoms with Gasteiger partial charge < -0.3 is 11.1 Å². The van der Waals surface area contributed by atoms with Gasteiger partial charge in [0.2, 0.25) is 11.9 Å². The normalized spacial score (nSPS) is 11.6. The second-order valence-corrected chi connectivity index (χ2v) is 5.58. The number of nitrogens with one attached hydrogen (secondary N) is 2. The predicted octanol–water partition coefficient (Wildman–Crippen LogP) is 3.83. The Bertz CT molecular complexity index is 876. The van der Waals surface area contributed by atoms with Gasteiger partial charge in [-0.05, 0) is 48.7 Å². The smallest absolute Gasteiger partial charge is 0.368 e. The third-order valence-corrected chi connectivity index (χ3v) is 3.63. The van der Waals surface area contributed by atoms with Gasteiger partial charge in [0.25, 0.3) is 0 Å². The van der Waals surface area contributed by atoms with Crippen LogP contribution in [-0.4, -0.2) is 20.2 Å².